The molecule has 2 aliphatic carbocycles. The number of carbonyl (C=O) groups is 2. The van der Waals surface area contributed by atoms with E-state index in [9.17, 15) is 9.59 Å². The Labute approximate surface area is 174 Å². The largest absolute Gasteiger partial charge is 0.351 e. The van der Waals surface area contributed by atoms with E-state index in [1.807, 2.05) is 30.3 Å². The molecule has 0 radical (unpaired) electrons. The van der Waals surface area contributed by atoms with E-state index >= 15 is 0 Å². The maximum atomic E-state index is 13.6. The summed E-state index contributed by atoms with van der Waals surface area (Å²) in [4.78, 5) is 28.3. The van der Waals surface area contributed by atoms with Crippen molar-refractivity contribution in [2.45, 2.75) is 88.8 Å². The Morgan fingerprint density at radius 2 is 1.57 bits per heavy atom. The Morgan fingerprint density at radius 1 is 0.964 bits per heavy atom. The second kappa shape index (κ2) is 10.3. The average molecular weight is 405 g/mol. The van der Waals surface area contributed by atoms with Crippen LogP contribution in [0.25, 0.3) is 0 Å². The van der Waals surface area contributed by atoms with Crippen molar-refractivity contribution in [1.29, 1.82) is 0 Å². The molecular formula is C23H33ClN2O2. The van der Waals surface area contributed by atoms with Gasteiger partial charge in [0.05, 0.1) is 0 Å². The summed E-state index contributed by atoms with van der Waals surface area (Å²) in [6.45, 7) is 0.435. The zero-order valence-electron chi connectivity index (χ0n) is 16.8. The highest BCUT2D eigenvalue weighted by molar-refractivity contribution is 6.27. The van der Waals surface area contributed by atoms with Gasteiger partial charge in [-0.25, -0.2) is 0 Å². The number of halogens is 1. The molecule has 28 heavy (non-hydrogen) atoms. The minimum Gasteiger partial charge on any atom is -0.351 e. The molecule has 0 aliphatic heterocycles. The van der Waals surface area contributed by atoms with Gasteiger partial charge in [0.25, 0.3) is 0 Å². The number of nitrogens with one attached hydrogen (secondary N) is 1. The van der Waals surface area contributed by atoms with Gasteiger partial charge in [-0.3, -0.25) is 9.59 Å². The third kappa shape index (κ3) is 5.08. The molecule has 2 aliphatic rings. The van der Waals surface area contributed by atoms with Crippen LogP contribution in [0.1, 0.15) is 76.2 Å². The van der Waals surface area contributed by atoms with Crippen molar-refractivity contribution in [1.82, 2.24) is 10.2 Å². The maximum Gasteiger partial charge on any atom is 0.246 e. The fourth-order valence-corrected chi connectivity index (χ4v) is 4.96. The van der Waals surface area contributed by atoms with Gasteiger partial charge >= 0.3 is 0 Å². The monoisotopic (exact) mass is 404 g/mol. The Bertz CT molecular complexity index is 635. The first-order valence-electron chi connectivity index (χ1n) is 10.9. The number of rotatable bonds is 6. The standard InChI is InChI=1S/C23H33ClN2O2/c24-17-21(27)26(18-19-11-5-3-6-12-19)23(15-9-4-10-16-23)22(28)25-20-13-7-1-2-8-14-20/h3,5-6,11-12,20H,1-2,4,7-10,13-18H2,(H,25,28). The molecule has 0 saturated heterocycles. The van der Waals surface area contributed by atoms with Crippen LogP contribution in [0.3, 0.4) is 0 Å². The van der Waals surface area contributed by atoms with Crippen molar-refractivity contribution in [2.24, 2.45) is 0 Å². The summed E-state index contributed by atoms with van der Waals surface area (Å²) in [5.74, 6) is -0.206. The number of nitrogens with zero attached hydrogens (tertiary/aromatic N) is 1. The molecule has 0 atom stereocenters. The van der Waals surface area contributed by atoms with Crippen molar-refractivity contribution in [3.8, 4) is 0 Å². The lowest BCUT2D eigenvalue weighted by Crippen LogP contribution is -2.62. The Hall–Kier alpha value is -1.55. The van der Waals surface area contributed by atoms with Crippen molar-refractivity contribution in [3.05, 3.63) is 35.9 Å². The van der Waals surface area contributed by atoms with Gasteiger partial charge in [-0.05, 0) is 31.2 Å². The Morgan fingerprint density at radius 3 is 2.18 bits per heavy atom. The van der Waals surface area contributed by atoms with Gasteiger partial charge in [0.15, 0.2) is 0 Å². The van der Waals surface area contributed by atoms with E-state index in [4.69, 9.17) is 11.6 Å². The number of alkyl halides is 1. The van der Waals surface area contributed by atoms with E-state index in [2.05, 4.69) is 5.32 Å². The van der Waals surface area contributed by atoms with Crippen molar-refractivity contribution in [3.63, 3.8) is 0 Å². The summed E-state index contributed by atoms with van der Waals surface area (Å²) in [6.07, 6.45) is 11.4. The fourth-order valence-electron chi connectivity index (χ4n) is 4.82. The van der Waals surface area contributed by atoms with Crippen LogP contribution in [0, 0.1) is 0 Å². The Balaban J connectivity index is 1.85. The molecule has 4 nitrogen and oxygen atoms in total. The maximum absolute atomic E-state index is 13.6. The van der Waals surface area contributed by atoms with E-state index in [0.29, 0.717) is 6.54 Å². The zero-order valence-corrected chi connectivity index (χ0v) is 17.6. The van der Waals surface area contributed by atoms with Crippen LogP contribution < -0.4 is 5.32 Å². The molecule has 154 valence electrons. The third-order valence-electron chi connectivity index (χ3n) is 6.41. The van der Waals surface area contributed by atoms with Gasteiger partial charge in [0.2, 0.25) is 11.8 Å². The summed E-state index contributed by atoms with van der Waals surface area (Å²) >= 11 is 5.99. The quantitative estimate of drug-likeness (QED) is 0.547. The summed E-state index contributed by atoms with van der Waals surface area (Å²) in [5.41, 5.74) is 0.264. The third-order valence-corrected chi connectivity index (χ3v) is 6.64. The van der Waals surface area contributed by atoms with E-state index in [0.717, 1.165) is 50.5 Å². The number of hydrogen-bond acceptors (Lipinski definition) is 2. The normalized spacial score (nSPS) is 20.2. The minimum absolute atomic E-state index is 0.0356. The van der Waals surface area contributed by atoms with Gasteiger partial charge in [-0.2, -0.15) is 0 Å². The van der Waals surface area contributed by atoms with E-state index in [1.165, 1.54) is 25.7 Å². The fraction of sp³-hybridized carbons (Fsp3) is 0.652. The lowest BCUT2D eigenvalue weighted by molar-refractivity contribution is -0.150. The average Bonchev–Trinajstić information content (AvgIpc) is 3.01. The summed E-state index contributed by atoms with van der Waals surface area (Å²) in [6, 6.07) is 10.2. The molecule has 2 fully saturated rings. The van der Waals surface area contributed by atoms with Crippen LogP contribution in [-0.2, 0) is 16.1 Å². The molecule has 2 saturated carbocycles. The van der Waals surface area contributed by atoms with Crippen LogP contribution in [0.4, 0.5) is 0 Å². The summed E-state index contributed by atoms with van der Waals surface area (Å²) < 4.78 is 0. The zero-order chi connectivity index (χ0) is 19.8. The van der Waals surface area contributed by atoms with Crippen LogP contribution in [0.15, 0.2) is 30.3 Å². The molecule has 1 aromatic rings. The highest BCUT2D eigenvalue weighted by atomic mass is 35.5. The summed E-state index contributed by atoms with van der Waals surface area (Å²) in [7, 11) is 0. The van der Waals surface area contributed by atoms with Gasteiger partial charge < -0.3 is 10.2 Å². The predicted octanol–water partition coefficient (Wildman–Crippen LogP) is 4.80. The minimum atomic E-state index is -0.771. The summed E-state index contributed by atoms with van der Waals surface area (Å²) in [5, 5.41) is 3.34. The number of amides is 2. The molecule has 0 aromatic heterocycles. The molecule has 5 heteroatoms. The molecule has 2 amide bonds. The van der Waals surface area contributed by atoms with Gasteiger partial charge in [0, 0.05) is 12.6 Å². The first-order valence-corrected chi connectivity index (χ1v) is 11.4. The topological polar surface area (TPSA) is 49.4 Å². The number of benzene rings is 1. The molecule has 1 aromatic carbocycles. The number of carbonyl (C=O) groups excluding carboxylic acids is 2. The highest BCUT2D eigenvalue weighted by Crippen LogP contribution is 2.36. The predicted molar refractivity (Wildman–Crippen MR) is 113 cm³/mol. The molecule has 0 spiro atoms. The van der Waals surface area contributed by atoms with Crippen molar-refractivity contribution >= 4 is 23.4 Å². The second-order valence-corrected chi connectivity index (χ2v) is 8.62. The van der Waals surface area contributed by atoms with E-state index < -0.39 is 5.54 Å². The smallest absolute Gasteiger partial charge is 0.246 e. The first kappa shape index (κ1) is 21.2. The Kier molecular flexibility index (Phi) is 7.78. The first-order chi connectivity index (χ1) is 13.7. The lowest BCUT2D eigenvalue weighted by Gasteiger charge is -2.45. The van der Waals surface area contributed by atoms with Crippen LogP contribution in [0.5, 0.6) is 0 Å². The molecule has 0 unspecified atom stereocenters. The van der Waals surface area contributed by atoms with Crippen LogP contribution >= 0.6 is 11.6 Å². The number of hydrogen-bond donors (Lipinski definition) is 1. The van der Waals surface area contributed by atoms with Gasteiger partial charge in [-0.1, -0.05) is 75.3 Å². The van der Waals surface area contributed by atoms with E-state index in [1.54, 1.807) is 4.90 Å². The van der Waals surface area contributed by atoms with Gasteiger partial charge in [0.1, 0.15) is 11.4 Å². The van der Waals surface area contributed by atoms with Crippen LogP contribution in [0.2, 0.25) is 0 Å². The molecular weight excluding hydrogens is 372 g/mol. The second-order valence-electron chi connectivity index (χ2n) is 8.35. The van der Waals surface area contributed by atoms with E-state index in [-0.39, 0.29) is 23.7 Å². The SMILES string of the molecule is O=C(CCl)N(Cc1ccccc1)C1(C(=O)NC2CCCCCC2)CCCCC1. The van der Waals surface area contributed by atoms with Crippen LogP contribution in [-0.4, -0.2) is 34.2 Å². The molecule has 3 rings (SSSR count). The molecule has 1 N–H and O–H groups in total. The molecule has 0 heterocycles. The van der Waals surface area contributed by atoms with Crippen molar-refractivity contribution in [2.75, 3.05) is 5.88 Å². The highest BCUT2D eigenvalue weighted by Gasteiger charge is 2.47. The molecule has 0 bridgehead atoms. The van der Waals surface area contributed by atoms with Gasteiger partial charge in [-0.15, -0.1) is 11.6 Å². The van der Waals surface area contributed by atoms with Crippen molar-refractivity contribution < 1.29 is 9.59 Å². The lowest BCUT2D eigenvalue weighted by atomic mass is 9.78.